The van der Waals surface area contributed by atoms with Gasteiger partial charge in [0, 0.05) is 15.5 Å². The van der Waals surface area contributed by atoms with Gasteiger partial charge in [-0.1, -0.05) is 61.4 Å². The van der Waals surface area contributed by atoms with E-state index in [9.17, 15) is 10.1 Å². The number of rotatable bonds is 6. The second kappa shape index (κ2) is 8.77. The van der Waals surface area contributed by atoms with Crippen molar-refractivity contribution < 1.29 is 4.79 Å². The average molecular weight is 366 g/mol. The predicted octanol–water partition coefficient (Wildman–Crippen LogP) is 4.59. The van der Waals surface area contributed by atoms with Crippen LogP contribution in [0.25, 0.3) is 0 Å². The van der Waals surface area contributed by atoms with Crippen LogP contribution in [0.2, 0.25) is 0 Å². The van der Waals surface area contributed by atoms with E-state index in [0.29, 0.717) is 0 Å². The molecular formula is C21H23N3OS. The highest BCUT2D eigenvalue weighted by Gasteiger charge is 2.33. The van der Waals surface area contributed by atoms with E-state index in [4.69, 9.17) is 0 Å². The third kappa shape index (κ3) is 4.80. The summed E-state index contributed by atoms with van der Waals surface area (Å²) in [5, 5.41) is 15.7. The Balaban J connectivity index is 1.61. The molecule has 3 rings (SSSR count). The Hall–Kier alpha value is -2.45. The highest BCUT2D eigenvalue weighted by Crippen LogP contribution is 2.33. The quantitative estimate of drug-likeness (QED) is 0.786. The van der Waals surface area contributed by atoms with E-state index >= 15 is 0 Å². The van der Waals surface area contributed by atoms with Crippen molar-refractivity contribution in [3.63, 3.8) is 0 Å². The third-order valence-corrected chi connectivity index (χ3v) is 5.68. The summed E-state index contributed by atoms with van der Waals surface area (Å²) in [7, 11) is 0. The van der Waals surface area contributed by atoms with Crippen molar-refractivity contribution >= 4 is 23.4 Å². The fourth-order valence-electron chi connectivity index (χ4n) is 3.22. The number of para-hydroxylation sites is 1. The fraction of sp³-hybridized carbons (Fsp3) is 0.333. The molecule has 1 aliphatic carbocycles. The lowest BCUT2D eigenvalue weighted by molar-refractivity contribution is -0.121. The van der Waals surface area contributed by atoms with Gasteiger partial charge in [0.05, 0.1) is 12.6 Å². The number of amides is 1. The smallest absolute Gasteiger partial charge is 0.240 e. The van der Waals surface area contributed by atoms with Crippen molar-refractivity contribution in [2.24, 2.45) is 0 Å². The minimum absolute atomic E-state index is 0.132. The molecule has 0 radical (unpaired) electrons. The van der Waals surface area contributed by atoms with E-state index in [2.05, 4.69) is 28.8 Å². The molecule has 2 aromatic rings. The van der Waals surface area contributed by atoms with Gasteiger partial charge in [0.15, 0.2) is 0 Å². The highest BCUT2D eigenvalue weighted by atomic mass is 32.2. The Morgan fingerprint density at radius 1 is 1.04 bits per heavy atom. The summed E-state index contributed by atoms with van der Waals surface area (Å²) in [5.74, 6) is -0.132. The van der Waals surface area contributed by atoms with Crippen LogP contribution in [-0.2, 0) is 4.79 Å². The molecule has 1 amide bonds. The molecule has 0 bridgehead atoms. The lowest BCUT2D eigenvalue weighted by Crippen LogP contribution is -2.50. The lowest BCUT2D eigenvalue weighted by atomic mass is 9.83. The molecule has 0 saturated heterocycles. The van der Waals surface area contributed by atoms with Crippen molar-refractivity contribution in [1.82, 2.24) is 5.32 Å². The number of nitrogens with zero attached hydrogens (tertiary/aromatic N) is 1. The molecule has 134 valence electrons. The summed E-state index contributed by atoms with van der Waals surface area (Å²) < 4.78 is 0. The van der Waals surface area contributed by atoms with E-state index in [1.54, 1.807) is 11.8 Å². The van der Waals surface area contributed by atoms with Crippen LogP contribution < -0.4 is 10.6 Å². The first-order valence-corrected chi connectivity index (χ1v) is 9.80. The van der Waals surface area contributed by atoms with Crippen LogP contribution >= 0.6 is 11.8 Å². The Bertz CT molecular complexity index is 779. The van der Waals surface area contributed by atoms with Crippen molar-refractivity contribution in [2.75, 3.05) is 11.9 Å². The standard InChI is InChI=1S/C21H23N3OS/c22-16-21(13-7-2-8-14-21)24-20(25)15-23-18-11-5-6-12-19(18)26-17-9-3-1-4-10-17/h1,3-6,9-12,23H,2,7-8,13-15H2,(H,24,25). The van der Waals surface area contributed by atoms with Crippen LogP contribution in [0.4, 0.5) is 5.69 Å². The predicted molar refractivity (Wildman–Crippen MR) is 105 cm³/mol. The van der Waals surface area contributed by atoms with E-state index in [1.807, 2.05) is 42.5 Å². The van der Waals surface area contributed by atoms with Gasteiger partial charge in [-0.2, -0.15) is 5.26 Å². The normalized spacial score (nSPS) is 15.7. The van der Waals surface area contributed by atoms with Crippen molar-refractivity contribution in [1.29, 1.82) is 5.26 Å². The van der Waals surface area contributed by atoms with Gasteiger partial charge in [-0.15, -0.1) is 0 Å². The molecule has 0 spiro atoms. The molecule has 1 aliphatic rings. The lowest BCUT2D eigenvalue weighted by Gasteiger charge is -2.31. The Morgan fingerprint density at radius 2 is 1.73 bits per heavy atom. The van der Waals surface area contributed by atoms with Crippen molar-refractivity contribution in [3.05, 3.63) is 54.6 Å². The SMILES string of the molecule is N#CC1(NC(=O)CNc2ccccc2Sc2ccccc2)CCCCC1. The number of benzene rings is 2. The van der Waals surface area contributed by atoms with Gasteiger partial charge >= 0.3 is 0 Å². The number of nitriles is 1. The van der Waals surface area contributed by atoms with Gasteiger partial charge < -0.3 is 10.6 Å². The molecule has 0 aromatic heterocycles. The molecule has 0 unspecified atom stereocenters. The summed E-state index contributed by atoms with van der Waals surface area (Å²) in [6.07, 6.45) is 4.63. The fourth-order valence-corrected chi connectivity index (χ4v) is 4.17. The molecule has 1 fully saturated rings. The van der Waals surface area contributed by atoms with E-state index in [0.717, 1.165) is 47.6 Å². The van der Waals surface area contributed by atoms with Crippen LogP contribution in [0.15, 0.2) is 64.4 Å². The van der Waals surface area contributed by atoms with Crippen LogP contribution in [0, 0.1) is 11.3 Å². The zero-order valence-electron chi connectivity index (χ0n) is 14.7. The first-order valence-electron chi connectivity index (χ1n) is 8.99. The molecule has 1 saturated carbocycles. The molecule has 5 heteroatoms. The second-order valence-electron chi connectivity index (χ2n) is 6.57. The monoisotopic (exact) mass is 365 g/mol. The maximum atomic E-state index is 12.4. The maximum absolute atomic E-state index is 12.4. The summed E-state index contributed by atoms with van der Waals surface area (Å²) in [4.78, 5) is 14.6. The van der Waals surface area contributed by atoms with Crippen LogP contribution in [0.5, 0.6) is 0 Å². The molecule has 0 aliphatic heterocycles. The molecule has 2 N–H and O–H groups in total. The number of anilines is 1. The Kier molecular flexibility index (Phi) is 6.19. The minimum Gasteiger partial charge on any atom is -0.375 e. The van der Waals surface area contributed by atoms with Crippen LogP contribution in [0.1, 0.15) is 32.1 Å². The summed E-state index contributed by atoms with van der Waals surface area (Å²) in [6.45, 7) is 0.162. The molecule has 2 aromatic carbocycles. The van der Waals surface area contributed by atoms with Crippen LogP contribution in [-0.4, -0.2) is 18.0 Å². The number of nitrogens with one attached hydrogen (secondary N) is 2. The molecular weight excluding hydrogens is 342 g/mol. The van der Waals surface area contributed by atoms with E-state index < -0.39 is 5.54 Å². The molecule has 0 heterocycles. The first-order chi connectivity index (χ1) is 12.7. The van der Waals surface area contributed by atoms with Gasteiger partial charge in [0.25, 0.3) is 0 Å². The van der Waals surface area contributed by atoms with Gasteiger partial charge in [0.2, 0.25) is 5.91 Å². The third-order valence-electron chi connectivity index (χ3n) is 4.60. The van der Waals surface area contributed by atoms with Crippen molar-refractivity contribution in [2.45, 2.75) is 47.4 Å². The molecule has 4 nitrogen and oxygen atoms in total. The summed E-state index contributed by atoms with van der Waals surface area (Å²) >= 11 is 1.66. The maximum Gasteiger partial charge on any atom is 0.240 e. The number of carbonyl (C=O) groups is 1. The zero-order chi connectivity index (χ0) is 18.2. The van der Waals surface area contributed by atoms with Crippen LogP contribution in [0.3, 0.4) is 0 Å². The summed E-state index contributed by atoms with van der Waals surface area (Å²) in [6, 6.07) is 20.4. The minimum atomic E-state index is -0.685. The number of hydrogen-bond donors (Lipinski definition) is 2. The van der Waals surface area contributed by atoms with Gasteiger partial charge in [-0.3, -0.25) is 4.79 Å². The topological polar surface area (TPSA) is 64.9 Å². The molecule has 0 atom stereocenters. The zero-order valence-corrected chi connectivity index (χ0v) is 15.5. The van der Waals surface area contributed by atoms with Gasteiger partial charge in [0.1, 0.15) is 5.54 Å². The summed E-state index contributed by atoms with van der Waals surface area (Å²) in [5.41, 5.74) is 0.237. The Labute approximate surface area is 159 Å². The number of hydrogen-bond acceptors (Lipinski definition) is 4. The highest BCUT2D eigenvalue weighted by molar-refractivity contribution is 7.99. The second-order valence-corrected chi connectivity index (χ2v) is 7.68. The van der Waals surface area contributed by atoms with Gasteiger partial charge in [-0.05, 0) is 37.1 Å². The molecule has 26 heavy (non-hydrogen) atoms. The van der Waals surface area contributed by atoms with Gasteiger partial charge in [-0.25, -0.2) is 0 Å². The van der Waals surface area contributed by atoms with E-state index in [1.165, 1.54) is 0 Å². The largest absolute Gasteiger partial charge is 0.375 e. The van der Waals surface area contributed by atoms with E-state index in [-0.39, 0.29) is 12.5 Å². The van der Waals surface area contributed by atoms with Crippen molar-refractivity contribution in [3.8, 4) is 6.07 Å². The first kappa shape index (κ1) is 18.3. The number of carbonyl (C=O) groups excluding carboxylic acids is 1. The average Bonchev–Trinajstić information content (AvgIpc) is 2.69. The Morgan fingerprint density at radius 3 is 2.46 bits per heavy atom.